The van der Waals surface area contributed by atoms with E-state index in [-0.39, 0.29) is 17.4 Å². The Morgan fingerprint density at radius 3 is 2.14 bits per heavy atom. The summed E-state index contributed by atoms with van der Waals surface area (Å²) in [6.07, 6.45) is -4.36. The van der Waals surface area contributed by atoms with E-state index in [1.54, 1.807) is 24.3 Å². The van der Waals surface area contributed by atoms with E-state index >= 15 is 0 Å². The summed E-state index contributed by atoms with van der Waals surface area (Å²) in [5.74, 6) is -1.34. The van der Waals surface area contributed by atoms with E-state index in [2.05, 4.69) is 5.32 Å². The summed E-state index contributed by atoms with van der Waals surface area (Å²) in [6.45, 7) is 3.70. The van der Waals surface area contributed by atoms with Gasteiger partial charge in [0.1, 0.15) is 0 Å². The molecule has 0 radical (unpaired) electrons. The van der Waals surface area contributed by atoms with Crippen molar-refractivity contribution >= 4 is 17.6 Å². The molecule has 1 amide bonds. The first kappa shape index (κ1) is 21.4. The van der Waals surface area contributed by atoms with E-state index < -0.39 is 30.2 Å². The minimum Gasteiger partial charge on any atom is -0.452 e. The van der Waals surface area contributed by atoms with Crippen LogP contribution >= 0.6 is 0 Å². The van der Waals surface area contributed by atoms with Gasteiger partial charge in [-0.1, -0.05) is 12.1 Å². The SMILES string of the molecule is CC(C)OCc1ccc(C(=O)OCC(=O)Nc2ccc(C(F)(F)F)cc2)cc1. The van der Waals surface area contributed by atoms with Crippen molar-refractivity contribution in [2.45, 2.75) is 32.7 Å². The maximum absolute atomic E-state index is 12.5. The van der Waals surface area contributed by atoms with Gasteiger partial charge < -0.3 is 14.8 Å². The minimum atomic E-state index is -4.45. The highest BCUT2D eigenvalue weighted by Gasteiger charge is 2.30. The standard InChI is InChI=1S/C20H20F3NO4/c1-13(2)27-11-14-3-5-15(6-4-14)19(26)28-12-18(25)24-17-9-7-16(8-10-17)20(21,22)23/h3-10,13H,11-12H2,1-2H3,(H,24,25). The molecular weight excluding hydrogens is 375 g/mol. The van der Waals surface area contributed by atoms with E-state index in [4.69, 9.17) is 9.47 Å². The number of hydrogen-bond acceptors (Lipinski definition) is 4. The van der Waals surface area contributed by atoms with Crippen LogP contribution in [0, 0.1) is 0 Å². The number of ether oxygens (including phenoxy) is 2. The topological polar surface area (TPSA) is 64.6 Å². The fraction of sp³-hybridized carbons (Fsp3) is 0.300. The molecule has 8 heteroatoms. The third-order valence-electron chi connectivity index (χ3n) is 3.60. The monoisotopic (exact) mass is 395 g/mol. The van der Waals surface area contributed by atoms with Crippen LogP contribution in [0.3, 0.4) is 0 Å². The Morgan fingerprint density at radius 1 is 1.00 bits per heavy atom. The van der Waals surface area contributed by atoms with Gasteiger partial charge in [0.2, 0.25) is 0 Å². The van der Waals surface area contributed by atoms with Crippen LogP contribution in [0.5, 0.6) is 0 Å². The molecule has 0 aliphatic rings. The highest BCUT2D eigenvalue weighted by Crippen LogP contribution is 2.29. The van der Waals surface area contributed by atoms with Crippen LogP contribution in [0.1, 0.15) is 35.3 Å². The zero-order valence-corrected chi connectivity index (χ0v) is 15.4. The van der Waals surface area contributed by atoms with Crippen molar-refractivity contribution in [1.29, 1.82) is 0 Å². The van der Waals surface area contributed by atoms with Crippen molar-refractivity contribution in [3.05, 3.63) is 65.2 Å². The number of carbonyl (C=O) groups excluding carboxylic acids is 2. The summed E-state index contributed by atoms with van der Waals surface area (Å²) in [5.41, 5.74) is 0.517. The quantitative estimate of drug-likeness (QED) is 0.705. The molecule has 5 nitrogen and oxygen atoms in total. The van der Waals surface area contributed by atoms with Crippen LogP contribution in [0.4, 0.5) is 18.9 Å². The van der Waals surface area contributed by atoms with Crippen LogP contribution in [-0.4, -0.2) is 24.6 Å². The Kier molecular flexibility index (Phi) is 7.17. The van der Waals surface area contributed by atoms with Gasteiger partial charge in [0.05, 0.1) is 23.8 Å². The lowest BCUT2D eigenvalue weighted by Crippen LogP contribution is -2.21. The Bertz CT molecular complexity index is 800. The van der Waals surface area contributed by atoms with Crippen molar-refractivity contribution < 1.29 is 32.2 Å². The molecule has 0 saturated carbocycles. The van der Waals surface area contributed by atoms with Gasteiger partial charge in [-0.3, -0.25) is 4.79 Å². The molecule has 0 atom stereocenters. The average Bonchev–Trinajstić information content (AvgIpc) is 2.64. The van der Waals surface area contributed by atoms with Crippen LogP contribution in [0.15, 0.2) is 48.5 Å². The predicted octanol–water partition coefficient (Wildman–Crippen LogP) is 4.43. The summed E-state index contributed by atoms with van der Waals surface area (Å²) < 4.78 is 47.9. The second-order valence-corrected chi connectivity index (χ2v) is 6.26. The molecule has 0 heterocycles. The number of alkyl halides is 3. The number of hydrogen-bond donors (Lipinski definition) is 1. The third kappa shape index (κ3) is 6.70. The maximum atomic E-state index is 12.5. The van der Waals surface area contributed by atoms with Gasteiger partial charge in [0, 0.05) is 5.69 Å². The molecule has 2 aromatic carbocycles. The first-order chi connectivity index (χ1) is 13.1. The lowest BCUT2D eigenvalue weighted by atomic mass is 10.1. The largest absolute Gasteiger partial charge is 0.452 e. The van der Waals surface area contributed by atoms with Crippen molar-refractivity contribution in [1.82, 2.24) is 0 Å². The molecule has 150 valence electrons. The Balaban J connectivity index is 1.82. The summed E-state index contributed by atoms with van der Waals surface area (Å²) in [4.78, 5) is 23.8. The summed E-state index contributed by atoms with van der Waals surface area (Å²) in [5, 5.41) is 2.36. The van der Waals surface area contributed by atoms with Crippen LogP contribution in [0.25, 0.3) is 0 Å². The second-order valence-electron chi connectivity index (χ2n) is 6.26. The Labute approximate surface area is 160 Å². The van der Waals surface area contributed by atoms with Crippen LogP contribution in [-0.2, 0) is 27.1 Å². The molecule has 28 heavy (non-hydrogen) atoms. The molecule has 0 aliphatic carbocycles. The molecule has 0 aliphatic heterocycles. The Morgan fingerprint density at radius 2 is 1.61 bits per heavy atom. The first-order valence-corrected chi connectivity index (χ1v) is 8.50. The number of carbonyl (C=O) groups is 2. The van der Waals surface area contributed by atoms with E-state index in [0.29, 0.717) is 6.61 Å². The number of anilines is 1. The van der Waals surface area contributed by atoms with Gasteiger partial charge >= 0.3 is 12.1 Å². The van der Waals surface area contributed by atoms with Crippen LogP contribution < -0.4 is 5.32 Å². The van der Waals surface area contributed by atoms with Crippen molar-refractivity contribution in [3.8, 4) is 0 Å². The molecular formula is C20H20F3NO4. The van der Waals surface area contributed by atoms with Gasteiger partial charge in [-0.05, 0) is 55.8 Å². The van der Waals surface area contributed by atoms with Gasteiger partial charge in [0.15, 0.2) is 6.61 Å². The number of esters is 1. The summed E-state index contributed by atoms with van der Waals surface area (Å²) >= 11 is 0. The molecule has 0 fully saturated rings. The zero-order chi connectivity index (χ0) is 20.7. The Hall–Kier alpha value is -2.87. The van der Waals surface area contributed by atoms with E-state index in [9.17, 15) is 22.8 Å². The maximum Gasteiger partial charge on any atom is 0.416 e. The normalized spacial score (nSPS) is 11.4. The first-order valence-electron chi connectivity index (χ1n) is 8.50. The molecule has 0 spiro atoms. The van der Waals surface area contributed by atoms with E-state index in [0.717, 1.165) is 29.8 Å². The smallest absolute Gasteiger partial charge is 0.416 e. The fourth-order valence-corrected chi connectivity index (χ4v) is 2.15. The molecule has 0 unspecified atom stereocenters. The van der Waals surface area contributed by atoms with Gasteiger partial charge in [-0.2, -0.15) is 13.2 Å². The van der Waals surface area contributed by atoms with Crippen molar-refractivity contribution in [3.63, 3.8) is 0 Å². The molecule has 2 aromatic rings. The number of benzene rings is 2. The molecule has 0 bridgehead atoms. The number of halogens is 3. The second kappa shape index (κ2) is 9.36. The van der Waals surface area contributed by atoms with Gasteiger partial charge in [-0.25, -0.2) is 4.79 Å². The lowest BCUT2D eigenvalue weighted by Gasteiger charge is -2.10. The molecule has 0 saturated heterocycles. The number of rotatable bonds is 7. The zero-order valence-electron chi connectivity index (χ0n) is 15.4. The summed E-state index contributed by atoms with van der Waals surface area (Å²) in [7, 11) is 0. The highest BCUT2D eigenvalue weighted by molar-refractivity contribution is 5.95. The van der Waals surface area contributed by atoms with Gasteiger partial charge in [0.25, 0.3) is 5.91 Å². The average molecular weight is 395 g/mol. The van der Waals surface area contributed by atoms with Crippen LogP contribution in [0.2, 0.25) is 0 Å². The van der Waals surface area contributed by atoms with Crippen molar-refractivity contribution in [2.24, 2.45) is 0 Å². The third-order valence-corrected chi connectivity index (χ3v) is 3.60. The highest BCUT2D eigenvalue weighted by atomic mass is 19.4. The lowest BCUT2D eigenvalue weighted by molar-refractivity contribution is -0.137. The van der Waals surface area contributed by atoms with E-state index in [1.165, 1.54) is 0 Å². The molecule has 0 aromatic heterocycles. The fourth-order valence-electron chi connectivity index (χ4n) is 2.15. The number of amides is 1. The molecule has 2 rings (SSSR count). The van der Waals surface area contributed by atoms with Crippen molar-refractivity contribution in [2.75, 3.05) is 11.9 Å². The van der Waals surface area contributed by atoms with E-state index in [1.807, 2.05) is 13.8 Å². The van der Waals surface area contributed by atoms with Gasteiger partial charge in [-0.15, -0.1) is 0 Å². The summed E-state index contributed by atoms with van der Waals surface area (Å²) in [6, 6.07) is 10.5. The number of nitrogens with one attached hydrogen (secondary N) is 1. The molecule has 1 N–H and O–H groups in total. The predicted molar refractivity (Wildman–Crippen MR) is 96.7 cm³/mol. The minimum absolute atomic E-state index is 0.0906.